The molecule has 20 heavy (non-hydrogen) atoms. The van der Waals surface area contributed by atoms with Crippen molar-refractivity contribution in [2.45, 2.75) is 25.8 Å². The van der Waals surface area contributed by atoms with Crippen molar-refractivity contribution in [1.82, 2.24) is 5.32 Å². The molecule has 4 N–H and O–H groups in total. The summed E-state index contributed by atoms with van der Waals surface area (Å²) in [6.07, 6.45) is 3.31. The van der Waals surface area contributed by atoms with E-state index in [1.165, 1.54) is 18.2 Å². The highest BCUT2D eigenvalue weighted by atomic mass is 19.1. The Morgan fingerprint density at radius 1 is 1.40 bits per heavy atom. The van der Waals surface area contributed by atoms with Crippen LogP contribution in [0.4, 0.5) is 4.39 Å². The van der Waals surface area contributed by atoms with Crippen LogP contribution in [0.15, 0.2) is 18.2 Å². The summed E-state index contributed by atoms with van der Waals surface area (Å²) in [5.41, 5.74) is 5.95. The zero-order valence-electron chi connectivity index (χ0n) is 11.4. The number of nitrogens with two attached hydrogens (primary N) is 1. The molecule has 0 radical (unpaired) electrons. The lowest BCUT2D eigenvalue weighted by Crippen LogP contribution is -2.27. The number of carbonyl (C=O) groups excluding carboxylic acids is 1. The number of hydrogen-bond acceptors (Lipinski definition) is 3. The van der Waals surface area contributed by atoms with Crippen molar-refractivity contribution in [3.63, 3.8) is 0 Å². The Bertz CT molecular complexity index is 479. The molecule has 0 spiro atoms. The van der Waals surface area contributed by atoms with E-state index in [9.17, 15) is 14.3 Å². The number of halogens is 1. The molecule has 1 amide bonds. The lowest BCUT2D eigenvalue weighted by Gasteiger charge is -2.18. The van der Waals surface area contributed by atoms with Gasteiger partial charge in [0.2, 0.25) is 5.91 Å². The summed E-state index contributed by atoms with van der Waals surface area (Å²) in [6.45, 7) is 1.34. The van der Waals surface area contributed by atoms with Gasteiger partial charge in [0, 0.05) is 24.3 Å². The van der Waals surface area contributed by atoms with Crippen molar-refractivity contribution >= 4 is 5.91 Å². The fourth-order valence-corrected chi connectivity index (χ4v) is 2.88. The number of benzene rings is 1. The highest BCUT2D eigenvalue weighted by molar-refractivity contribution is 5.92. The van der Waals surface area contributed by atoms with Gasteiger partial charge in [0.05, 0.1) is 0 Å². The van der Waals surface area contributed by atoms with Crippen LogP contribution in [0.1, 0.15) is 35.2 Å². The highest BCUT2D eigenvalue weighted by Gasteiger charge is 2.25. The Morgan fingerprint density at radius 3 is 2.85 bits per heavy atom. The van der Waals surface area contributed by atoms with Gasteiger partial charge in [0.25, 0.3) is 0 Å². The first-order valence-corrected chi connectivity index (χ1v) is 7.01. The second-order valence-electron chi connectivity index (χ2n) is 5.43. The van der Waals surface area contributed by atoms with Crippen molar-refractivity contribution < 1.29 is 14.3 Å². The summed E-state index contributed by atoms with van der Waals surface area (Å²) in [4.78, 5) is 11.1. The first-order chi connectivity index (χ1) is 9.61. The van der Waals surface area contributed by atoms with Crippen molar-refractivity contribution in [2.75, 3.05) is 13.2 Å². The molecule has 2 atom stereocenters. The first-order valence-electron chi connectivity index (χ1n) is 7.01. The summed E-state index contributed by atoms with van der Waals surface area (Å²) in [7, 11) is 0. The topological polar surface area (TPSA) is 75.4 Å². The average molecular weight is 280 g/mol. The van der Waals surface area contributed by atoms with Gasteiger partial charge in [-0.1, -0.05) is 6.42 Å². The van der Waals surface area contributed by atoms with Gasteiger partial charge >= 0.3 is 0 Å². The maximum Gasteiger partial charge on any atom is 0.248 e. The molecule has 0 aromatic heterocycles. The van der Waals surface area contributed by atoms with E-state index in [1.807, 2.05) is 0 Å². The predicted molar refractivity (Wildman–Crippen MR) is 74.5 cm³/mol. The summed E-state index contributed by atoms with van der Waals surface area (Å²) >= 11 is 0. The molecule has 110 valence electrons. The SMILES string of the molecule is NC(=O)c1ccc(F)c(CNCC2CCCC2CO)c1. The number of primary amides is 1. The van der Waals surface area contributed by atoms with Crippen molar-refractivity contribution in [2.24, 2.45) is 17.6 Å². The highest BCUT2D eigenvalue weighted by Crippen LogP contribution is 2.30. The van der Waals surface area contributed by atoms with Gasteiger partial charge in [0.1, 0.15) is 5.82 Å². The van der Waals surface area contributed by atoms with Crippen LogP contribution in [-0.4, -0.2) is 24.2 Å². The zero-order chi connectivity index (χ0) is 14.5. The third kappa shape index (κ3) is 3.55. The minimum absolute atomic E-state index is 0.220. The van der Waals surface area contributed by atoms with Crippen molar-refractivity contribution in [3.05, 3.63) is 35.1 Å². The fraction of sp³-hybridized carbons (Fsp3) is 0.533. The molecule has 0 heterocycles. The number of carbonyl (C=O) groups is 1. The molecule has 0 bridgehead atoms. The molecule has 0 aliphatic heterocycles. The molecule has 1 aromatic carbocycles. The van der Waals surface area contributed by atoms with E-state index in [4.69, 9.17) is 5.73 Å². The quantitative estimate of drug-likeness (QED) is 0.737. The van der Waals surface area contributed by atoms with E-state index in [2.05, 4.69) is 5.32 Å². The number of aliphatic hydroxyl groups is 1. The van der Waals surface area contributed by atoms with E-state index in [0.717, 1.165) is 25.8 Å². The van der Waals surface area contributed by atoms with Gasteiger partial charge in [-0.25, -0.2) is 4.39 Å². The molecule has 1 aromatic rings. The number of amides is 1. The molecular weight excluding hydrogens is 259 g/mol. The Kier molecular flexibility index (Phi) is 5.09. The van der Waals surface area contributed by atoms with E-state index in [0.29, 0.717) is 29.5 Å². The van der Waals surface area contributed by atoms with E-state index in [-0.39, 0.29) is 12.4 Å². The van der Waals surface area contributed by atoms with Crippen LogP contribution in [0.2, 0.25) is 0 Å². The lowest BCUT2D eigenvalue weighted by atomic mass is 9.97. The van der Waals surface area contributed by atoms with Crippen LogP contribution < -0.4 is 11.1 Å². The van der Waals surface area contributed by atoms with Gasteiger partial charge in [-0.15, -0.1) is 0 Å². The van der Waals surface area contributed by atoms with Crippen molar-refractivity contribution in [3.8, 4) is 0 Å². The van der Waals surface area contributed by atoms with Crippen LogP contribution in [0.5, 0.6) is 0 Å². The third-order valence-electron chi connectivity index (χ3n) is 4.10. The van der Waals surface area contributed by atoms with E-state index >= 15 is 0 Å². The monoisotopic (exact) mass is 280 g/mol. The van der Waals surface area contributed by atoms with Gasteiger partial charge in [-0.3, -0.25) is 4.79 Å². The number of aliphatic hydroxyl groups excluding tert-OH is 1. The van der Waals surface area contributed by atoms with Gasteiger partial charge in [0.15, 0.2) is 0 Å². The minimum atomic E-state index is -0.553. The third-order valence-corrected chi connectivity index (χ3v) is 4.10. The van der Waals surface area contributed by atoms with Gasteiger partial charge < -0.3 is 16.2 Å². The maximum absolute atomic E-state index is 13.6. The minimum Gasteiger partial charge on any atom is -0.396 e. The average Bonchev–Trinajstić information content (AvgIpc) is 2.88. The summed E-state index contributed by atoms with van der Waals surface area (Å²) in [5.74, 6) is -0.0956. The summed E-state index contributed by atoms with van der Waals surface area (Å²) in [5, 5.41) is 12.5. The summed E-state index contributed by atoms with van der Waals surface area (Å²) in [6, 6.07) is 4.14. The molecular formula is C15H21FN2O2. The molecule has 4 nitrogen and oxygen atoms in total. The van der Waals surface area contributed by atoms with E-state index in [1.54, 1.807) is 0 Å². The van der Waals surface area contributed by atoms with Gasteiger partial charge in [-0.2, -0.15) is 0 Å². The Hall–Kier alpha value is -1.46. The normalized spacial score (nSPS) is 22.1. The van der Waals surface area contributed by atoms with Gasteiger partial charge in [-0.05, 0) is 49.4 Å². The number of hydrogen-bond donors (Lipinski definition) is 3. The summed E-state index contributed by atoms with van der Waals surface area (Å²) < 4.78 is 13.6. The molecule has 1 aliphatic rings. The maximum atomic E-state index is 13.6. The Morgan fingerprint density at radius 2 is 2.15 bits per heavy atom. The van der Waals surface area contributed by atoms with Crippen molar-refractivity contribution in [1.29, 1.82) is 0 Å². The molecule has 1 aliphatic carbocycles. The number of nitrogens with one attached hydrogen (secondary N) is 1. The molecule has 1 saturated carbocycles. The number of rotatable bonds is 6. The Balaban J connectivity index is 1.90. The molecule has 0 saturated heterocycles. The zero-order valence-corrected chi connectivity index (χ0v) is 11.4. The molecule has 1 fully saturated rings. The molecule has 5 heteroatoms. The van der Waals surface area contributed by atoms with Crippen LogP contribution in [0.3, 0.4) is 0 Å². The predicted octanol–water partition coefficient (Wildman–Crippen LogP) is 1.42. The van der Waals surface area contributed by atoms with E-state index < -0.39 is 5.91 Å². The first kappa shape index (κ1) is 14.9. The van der Waals surface area contributed by atoms with Crippen LogP contribution >= 0.6 is 0 Å². The lowest BCUT2D eigenvalue weighted by molar-refractivity contribution is 0.1000. The molecule has 2 unspecified atom stereocenters. The van der Waals surface area contributed by atoms with Crippen LogP contribution in [0.25, 0.3) is 0 Å². The standard InChI is InChI=1S/C15H21FN2O2/c16-14-5-4-10(15(17)20)6-13(14)8-18-7-11-2-1-3-12(11)9-19/h4-6,11-12,18-19H,1-3,7-9H2,(H2,17,20). The second kappa shape index (κ2) is 6.81. The van der Waals surface area contributed by atoms with Crippen LogP contribution in [0, 0.1) is 17.7 Å². The second-order valence-corrected chi connectivity index (χ2v) is 5.43. The fourth-order valence-electron chi connectivity index (χ4n) is 2.88. The Labute approximate surface area is 118 Å². The smallest absolute Gasteiger partial charge is 0.248 e. The molecule has 2 rings (SSSR count). The van der Waals surface area contributed by atoms with Crippen LogP contribution in [-0.2, 0) is 6.54 Å². The largest absolute Gasteiger partial charge is 0.396 e.